The molecule has 0 aliphatic carbocycles. The lowest BCUT2D eigenvalue weighted by Gasteiger charge is -2.28. The number of amides is 1. The van der Waals surface area contributed by atoms with Crippen LogP contribution in [-0.2, 0) is 4.79 Å². The van der Waals surface area contributed by atoms with Crippen molar-refractivity contribution in [2.45, 2.75) is 31.8 Å². The molecule has 0 radical (unpaired) electrons. The van der Waals surface area contributed by atoms with Crippen molar-refractivity contribution in [3.63, 3.8) is 0 Å². The zero-order valence-electron chi connectivity index (χ0n) is 11.6. The maximum absolute atomic E-state index is 11.9. The summed E-state index contributed by atoms with van der Waals surface area (Å²) in [6.07, 6.45) is 3.17. The molecule has 0 aromatic heterocycles. The third-order valence-electron chi connectivity index (χ3n) is 4.15. The molecule has 1 amide bonds. The summed E-state index contributed by atoms with van der Waals surface area (Å²) in [6, 6.07) is 5.80. The van der Waals surface area contributed by atoms with Crippen molar-refractivity contribution in [1.29, 1.82) is 0 Å². The third-order valence-corrected chi connectivity index (χ3v) is 4.15. The first-order valence-electron chi connectivity index (χ1n) is 7.28. The summed E-state index contributed by atoms with van der Waals surface area (Å²) in [4.78, 5) is 15.9. The number of rotatable bonds is 2. The number of aliphatic hydroxyl groups excluding tert-OH is 1. The first-order valence-corrected chi connectivity index (χ1v) is 7.28. The van der Waals surface area contributed by atoms with Gasteiger partial charge in [-0.25, -0.2) is 0 Å². The van der Waals surface area contributed by atoms with Crippen LogP contribution < -0.4 is 15.5 Å². The number of carbonyl (C=O) groups is 1. The molecule has 1 aromatic rings. The monoisotopic (exact) mass is 275 g/mol. The van der Waals surface area contributed by atoms with Gasteiger partial charge >= 0.3 is 0 Å². The van der Waals surface area contributed by atoms with Gasteiger partial charge in [-0.15, -0.1) is 0 Å². The van der Waals surface area contributed by atoms with Crippen LogP contribution in [0.4, 0.5) is 17.1 Å². The van der Waals surface area contributed by atoms with Gasteiger partial charge in [-0.05, 0) is 37.5 Å². The Morgan fingerprint density at radius 3 is 2.75 bits per heavy atom. The maximum Gasteiger partial charge on any atom is 0.226 e. The summed E-state index contributed by atoms with van der Waals surface area (Å²) in [6.45, 7) is 2.24. The van der Waals surface area contributed by atoms with E-state index in [0.717, 1.165) is 43.7 Å². The molecule has 5 heteroatoms. The molecule has 2 aliphatic rings. The van der Waals surface area contributed by atoms with E-state index in [1.54, 1.807) is 0 Å². The predicted molar refractivity (Wildman–Crippen MR) is 79.9 cm³/mol. The molecule has 5 nitrogen and oxygen atoms in total. The lowest BCUT2D eigenvalue weighted by molar-refractivity contribution is -0.119. The van der Waals surface area contributed by atoms with E-state index in [0.29, 0.717) is 18.7 Å². The molecule has 2 fully saturated rings. The van der Waals surface area contributed by atoms with Crippen molar-refractivity contribution < 1.29 is 9.90 Å². The highest BCUT2D eigenvalue weighted by Gasteiger charge is 2.24. The number of nitrogens with two attached hydrogens (primary N) is 1. The number of hydrogen-bond donors (Lipinski definition) is 2. The Morgan fingerprint density at radius 2 is 2.10 bits per heavy atom. The van der Waals surface area contributed by atoms with Crippen molar-refractivity contribution in [2.24, 2.45) is 0 Å². The van der Waals surface area contributed by atoms with E-state index in [4.69, 9.17) is 5.73 Å². The minimum absolute atomic E-state index is 0.181. The number of nitrogens with zero attached hydrogens (tertiary/aromatic N) is 2. The summed E-state index contributed by atoms with van der Waals surface area (Å²) in [5.74, 6) is 0.181. The van der Waals surface area contributed by atoms with Crippen molar-refractivity contribution >= 4 is 23.0 Å². The highest BCUT2D eigenvalue weighted by Crippen LogP contribution is 2.31. The van der Waals surface area contributed by atoms with Crippen LogP contribution in [0.25, 0.3) is 0 Å². The lowest BCUT2D eigenvalue weighted by atomic mass is 10.1. The summed E-state index contributed by atoms with van der Waals surface area (Å²) < 4.78 is 0. The molecule has 3 N–H and O–H groups in total. The average Bonchev–Trinajstić information content (AvgIpc) is 2.85. The molecule has 1 aromatic carbocycles. The molecule has 0 saturated carbocycles. The Labute approximate surface area is 119 Å². The van der Waals surface area contributed by atoms with Gasteiger partial charge in [0.25, 0.3) is 0 Å². The number of nitrogen functional groups attached to an aromatic ring is 1. The minimum Gasteiger partial charge on any atom is -0.397 e. The van der Waals surface area contributed by atoms with Crippen molar-refractivity contribution in [3.8, 4) is 0 Å². The van der Waals surface area contributed by atoms with Crippen LogP contribution in [0.5, 0.6) is 0 Å². The van der Waals surface area contributed by atoms with Gasteiger partial charge in [-0.1, -0.05) is 0 Å². The van der Waals surface area contributed by atoms with E-state index in [1.165, 1.54) is 0 Å². The van der Waals surface area contributed by atoms with E-state index in [2.05, 4.69) is 4.90 Å². The second-order valence-corrected chi connectivity index (χ2v) is 5.63. The summed E-state index contributed by atoms with van der Waals surface area (Å²) >= 11 is 0. The van der Waals surface area contributed by atoms with Crippen LogP contribution in [0.2, 0.25) is 0 Å². The van der Waals surface area contributed by atoms with Gasteiger partial charge in [0.05, 0.1) is 17.5 Å². The van der Waals surface area contributed by atoms with Crippen molar-refractivity contribution in [1.82, 2.24) is 0 Å². The normalized spacial score (nSPS) is 23.4. The van der Waals surface area contributed by atoms with Crippen LogP contribution in [0.15, 0.2) is 18.2 Å². The number of piperidine rings is 1. The molecule has 2 heterocycles. The van der Waals surface area contributed by atoms with Gasteiger partial charge in [-0.3, -0.25) is 4.79 Å². The molecule has 108 valence electrons. The van der Waals surface area contributed by atoms with E-state index in [9.17, 15) is 9.90 Å². The van der Waals surface area contributed by atoms with Crippen LogP contribution >= 0.6 is 0 Å². The van der Waals surface area contributed by atoms with Gasteiger partial charge in [0, 0.05) is 31.7 Å². The summed E-state index contributed by atoms with van der Waals surface area (Å²) in [5.41, 5.74) is 8.65. The quantitative estimate of drug-likeness (QED) is 0.800. The molecular weight excluding hydrogens is 254 g/mol. The van der Waals surface area contributed by atoms with Crippen LogP contribution in [0, 0.1) is 0 Å². The molecule has 1 atom stereocenters. The minimum atomic E-state index is -0.266. The van der Waals surface area contributed by atoms with E-state index >= 15 is 0 Å². The van der Waals surface area contributed by atoms with Gasteiger partial charge in [0.15, 0.2) is 0 Å². The number of hydrogen-bond acceptors (Lipinski definition) is 4. The molecule has 0 spiro atoms. The van der Waals surface area contributed by atoms with E-state index in [1.807, 2.05) is 23.1 Å². The topological polar surface area (TPSA) is 69.8 Å². The Morgan fingerprint density at radius 1 is 1.25 bits per heavy atom. The number of β-amino-alcohol motifs (C(OH)–C–C–N with tert-alkyl or cyclic N) is 1. The zero-order chi connectivity index (χ0) is 14.1. The van der Waals surface area contributed by atoms with Gasteiger partial charge in [0.2, 0.25) is 5.91 Å². The average molecular weight is 275 g/mol. The summed E-state index contributed by atoms with van der Waals surface area (Å²) in [7, 11) is 0. The van der Waals surface area contributed by atoms with Gasteiger partial charge in [-0.2, -0.15) is 0 Å². The van der Waals surface area contributed by atoms with Gasteiger partial charge < -0.3 is 20.6 Å². The first-order chi connectivity index (χ1) is 9.65. The molecule has 2 saturated heterocycles. The van der Waals surface area contributed by atoms with Gasteiger partial charge in [0.1, 0.15) is 0 Å². The molecule has 3 rings (SSSR count). The standard InChI is InChI=1S/C15H21N3O2/c16-13-9-11(18-7-2-1-3-15(18)20)4-5-14(13)17-8-6-12(19)10-17/h4-5,9,12,19H,1-3,6-8,10,16H2/t12-/m1/s1. The molecule has 2 aliphatic heterocycles. The van der Waals surface area contributed by atoms with Crippen LogP contribution in [0.1, 0.15) is 25.7 Å². The third kappa shape index (κ3) is 2.45. The van der Waals surface area contributed by atoms with Crippen LogP contribution in [0.3, 0.4) is 0 Å². The fourth-order valence-corrected chi connectivity index (χ4v) is 3.04. The molecule has 20 heavy (non-hydrogen) atoms. The number of aliphatic hydroxyl groups is 1. The highest BCUT2D eigenvalue weighted by atomic mass is 16.3. The van der Waals surface area contributed by atoms with Crippen molar-refractivity contribution in [3.05, 3.63) is 18.2 Å². The predicted octanol–water partition coefficient (Wildman–Crippen LogP) is 1.36. The fourth-order valence-electron chi connectivity index (χ4n) is 3.04. The summed E-state index contributed by atoms with van der Waals surface area (Å²) in [5, 5.41) is 9.61. The second-order valence-electron chi connectivity index (χ2n) is 5.63. The number of benzene rings is 1. The first kappa shape index (κ1) is 13.2. The fraction of sp³-hybridized carbons (Fsp3) is 0.533. The zero-order valence-corrected chi connectivity index (χ0v) is 11.6. The smallest absolute Gasteiger partial charge is 0.226 e. The number of carbonyl (C=O) groups excluding carboxylic acids is 1. The largest absolute Gasteiger partial charge is 0.397 e. The van der Waals surface area contributed by atoms with Crippen molar-refractivity contribution in [2.75, 3.05) is 35.2 Å². The van der Waals surface area contributed by atoms with E-state index in [-0.39, 0.29) is 12.0 Å². The maximum atomic E-state index is 11.9. The second kappa shape index (κ2) is 5.32. The molecule has 0 bridgehead atoms. The Balaban J connectivity index is 1.82. The Kier molecular flexibility index (Phi) is 3.53. The van der Waals surface area contributed by atoms with E-state index < -0.39 is 0 Å². The van der Waals surface area contributed by atoms with Crippen LogP contribution in [-0.4, -0.2) is 36.8 Å². The highest BCUT2D eigenvalue weighted by molar-refractivity contribution is 5.95. The lowest BCUT2D eigenvalue weighted by Crippen LogP contribution is -2.35. The molecule has 0 unspecified atom stereocenters. The Bertz CT molecular complexity index is 518. The number of anilines is 3. The SMILES string of the molecule is Nc1cc(N2CCCCC2=O)ccc1N1CC[C@@H](O)C1. The Hall–Kier alpha value is -1.75. The molecular formula is C15H21N3O2.